The number of rotatable bonds is 5. The SMILES string of the molecule is CCN(C)C=Nc1cc(C)c(S(C)(=O)=NC(=O)c2ccc(F)c(Cl)c2)cc1Cl. The molecule has 0 aliphatic carbocycles. The van der Waals surface area contributed by atoms with Crippen molar-refractivity contribution in [3.05, 3.63) is 57.3 Å². The van der Waals surface area contributed by atoms with Crippen molar-refractivity contribution in [3.8, 4) is 0 Å². The molecule has 150 valence electrons. The predicted molar refractivity (Wildman–Crippen MR) is 113 cm³/mol. The fraction of sp³-hybridized carbons (Fsp3) is 0.263. The van der Waals surface area contributed by atoms with Gasteiger partial charge in [-0.1, -0.05) is 23.2 Å². The van der Waals surface area contributed by atoms with Gasteiger partial charge in [-0.25, -0.2) is 13.6 Å². The first-order valence-corrected chi connectivity index (χ1v) is 11.0. The number of carbonyl (C=O) groups excluding carboxylic acids is 1. The van der Waals surface area contributed by atoms with E-state index in [1.54, 1.807) is 19.3 Å². The first-order chi connectivity index (χ1) is 13.0. The number of aliphatic imine (C=N–C) groups is 1. The fourth-order valence-electron chi connectivity index (χ4n) is 2.29. The lowest BCUT2D eigenvalue weighted by molar-refractivity contribution is 0.100. The lowest BCUT2D eigenvalue weighted by atomic mass is 10.2. The molecule has 0 bridgehead atoms. The average Bonchev–Trinajstić information content (AvgIpc) is 2.63. The van der Waals surface area contributed by atoms with Crippen molar-refractivity contribution in [2.75, 3.05) is 19.8 Å². The first kappa shape index (κ1) is 22.3. The van der Waals surface area contributed by atoms with Crippen molar-refractivity contribution in [1.29, 1.82) is 0 Å². The van der Waals surface area contributed by atoms with Gasteiger partial charge < -0.3 is 4.90 Å². The number of halogens is 3. The molecule has 0 aliphatic heterocycles. The standard InChI is InChI=1S/C19H20Cl2FN3O2S/c1-5-25(3)11-23-17-8-12(2)18(10-15(17)21)28(4,27)24-19(26)13-6-7-16(22)14(20)9-13/h6-11H,5H2,1-4H3. The van der Waals surface area contributed by atoms with Crippen molar-refractivity contribution in [1.82, 2.24) is 4.90 Å². The minimum Gasteiger partial charge on any atom is -0.366 e. The van der Waals surface area contributed by atoms with Gasteiger partial charge in [0.15, 0.2) is 0 Å². The molecule has 0 spiro atoms. The molecular weight excluding hydrogens is 424 g/mol. The molecule has 0 aromatic heterocycles. The average molecular weight is 444 g/mol. The largest absolute Gasteiger partial charge is 0.366 e. The lowest BCUT2D eigenvalue weighted by Crippen LogP contribution is -2.14. The van der Waals surface area contributed by atoms with Crippen LogP contribution in [0.1, 0.15) is 22.8 Å². The number of nitrogens with zero attached hydrogens (tertiary/aromatic N) is 3. The van der Waals surface area contributed by atoms with E-state index >= 15 is 0 Å². The summed E-state index contributed by atoms with van der Waals surface area (Å²) >= 11 is 12.0. The van der Waals surface area contributed by atoms with Gasteiger partial charge in [-0.15, -0.1) is 0 Å². The minimum absolute atomic E-state index is 0.0496. The molecule has 2 aromatic carbocycles. The van der Waals surface area contributed by atoms with E-state index in [1.165, 1.54) is 18.4 Å². The van der Waals surface area contributed by atoms with E-state index in [0.717, 1.165) is 18.7 Å². The van der Waals surface area contributed by atoms with Crippen molar-refractivity contribution in [2.24, 2.45) is 9.36 Å². The smallest absolute Gasteiger partial charge is 0.285 e. The zero-order valence-corrected chi connectivity index (χ0v) is 18.2. The van der Waals surface area contributed by atoms with Crippen molar-refractivity contribution in [3.63, 3.8) is 0 Å². The zero-order chi connectivity index (χ0) is 21.1. The second-order valence-corrected chi connectivity index (χ2v) is 9.26. The molecule has 1 amide bonds. The summed E-state index contributed by atoms with van der Waals surface area (Å²) in [4.78, 5) is 18.9. The summed E-state index contributed by atoms with van der Waals surface area (Å²) in [6.45, 7) is 4.52. The Morgan fingerprint density at radius 3 is 2.54 bits per heavy atom. The van der Waals surface area contributed by atoms with Crippen LogP contribution in [-0.4, -0.2) is 41.2 Å². The predicted octanol–water partition coefficient (Wildman–Crippen LogP) is 5.35. The summed E-state index contributed by atoms with van der Waals surface area (Å²) in [6, 6.07) is 6.65. The number of amides is 1. The number of carbonyl (C=O) groups is 1. The Morgan fingerprint density at radius 1 is 1.25 bits per heavy atom. The minimum atomic E-state index is -3.09. The molecule has 0 fully saturated rings. The van der Waals surface area contributed by atoms with Crippen LogP contribution in [0.25, 0.3) is 0 Å². The van der Waals surface area contributed by atoms with Crippen LogP contribution >= 0.6 is 23.2 Å². The topological polar surface area (TPSA) is 62.1 Å². The fourth-order valence-corrected chi connectivity index (χ4v) is 4.26. The summed E-state index contributed by atoms with van der Waals surface area (Å²) < 4.78 is 30.2. The number of aryl methyl sites for hydroxylation is 1. The molecule has 0 N–H and O–H groups in total. The molecule has 5 nitrogen and oxygen atoms in total. The van der Waals surface area contributed by atoms with E-state index in [1.807, 2.05) is 18.9 Å². The lowest BCUT2D eigenvalue weighted by Gasteiger charge is -2.12. The molecule has 2 rings (SSSR count). The Balaban J connectivity index is 2.44. The Hall–Kier alpha value is -1.96. The van der Waals surface area contributed by atoms with E-state index in [2.05, 4.69) is 9.36 Å². The molecular formula is C19H20Cl2FN3O2S. The zero-order valence-electron chi connectivity index (χ0n) is 15.9. The highest BCUT2D eigenvalue weighted by molar-refractivity contribution is 7.93. The number of hydrogen-bond donors (Lipinski definition) is 0. The van der Waals surface area contributed by atoms with Crippen molar-refractivity contribution >= 4 is 50.9 Å². The Kier molecular flexibility index (Phi) is 7.20. The molecule has 0 saturated heterocycles. The van der Waals surface area contributed by atoms with Crippen LogP contribution in [0.2, 0.25) is 10.0 Å². The second kappa shape index (κ2) is 9.03. The number of hydrogen-bond acceptors (Lipinski definition) is 3. The van der Waals surface area contributed by atoms with Gasteiger partial charge in [-0.3, -0.25) is 4.79 Å². The third kappa shape index (κ3) is 5.31. The molecule has 0 aliphatic rings. The maximum atomic E-state index is 13.3. The first-order valence-electron chi connectivity index (χ1n) is 8.31. The van der Waals surface area contributed by atoms with Crippen LogP contribution in [0.15, 0.2) is 44.6 Å². The highest BCUT2D eigenvalue weighted by Crippen LogP contribution is 2.31. The van der Waals surface area contributed by atoms with E-state index in [9.17, 15) is 13.4 Å². The Bertz CT molecular complexity index is 1060. The molecule has 0 saturated carbocycles. The highest BCUT2D eigenvalue weighted by Gasteiger charge is 2.17. The molecule has 0 radical (unpaired) electrons. The van der Waals surface area contributed by atoms with Gasteiger partial charge in [0.1, 0.15) is 5.82 Å². The van der Waals surface area contributed by atoms with Crippen LogP contribution in [0.4, 0.5) is 10.1 Å². The van der Waals surface area contributed by atoms with E-state index in [0.29, 0.717) is 21.2 Å². The van der Waals surface area contributed by atoms with Gasteiger partial charge in [-0.05, 0) is 49.7 Å². The van der Waals surface area contributed by atoms with Crippen molar-refractivity contribution < 1.29 is 13.4 Å². The highest BCUT2D eigenvalue weighted by atomic mass is 35.5. The third-order valence-corrected chi connectivity index (χ3v) is 6.33. The Labute approximate surface area is 174 Å². The van der Waals surface area contributed by atoms with Gasteiger partial charge in [0.2, 0.25) is 0 Å². The van der Waals surface area contributed by atoms with Crippen LogP contribution in [0, 0.1) is 12.7 Å². The summed E-state index contributed by atoms with van der Waals surface area (Å²) in [7, 11) is -1.22. The van der Waals surface area contributed by atoms with Gasteiger partial charge in [0.25, 0.3) is 5.91 Å². The Morgan fingerprint density at radius 2 is 1.93 bits per heavy atom. The molecule has 0 heterocycles. The normalized spacial score (nSPS) is 13.4. The molecule has 28 heavy (non-hydrogen) atoms. The maximum Gasteiger partial charge on any atom is 0.285 e. The molecule has 9 heteroatoms. The summed E-state index contributed by atoms with van der Waals surface area (Å²) in [6.07, 6.45) is 3.00. The van der Waals surface area contributed by atoms with Crippen LogP contribution in [0.5, 0.6) is 0 Å². The van der Waals surface area contributed by atoms with Gasteiger partial charge in [0, 0.05) is 25.4 Å². The summed E-state index contributed by atoms with van der Waals surface area (Å²) in [5.74, 6) is -1.40. The van der Waals surface area contributed by atoms with Crippen LogP contribution in [0.3, 0.4) is 0 Å². The molecule has 1 atom stereocenters. The monoisotopic (exact) mass is 443 g/mol. The van der Waals surface area contributed by atoms with E-state index in [-0.39, 0.29) is 10.6 Å². The van der Waals surface area contributed by atoms with Crippen LogP contribution < -0.4 is 0 Å². The van der Waals surface area contributed by atoms with E-state index in [4.69, 9.17) is 23.2 Å². The second-order valence-electron chi connectivity index (χ2n) is 6.21. The maximum absolute atomic E-state index is 13.3. The quantitative estimate of drug-likeness (QED) is 0.462. The van der Waals surface area contributed by atoms with Gasteiger partial charge in [0.05, 0.1) is 36.7 Å². The van der Waals surface area contributed by atoms with Crippen molar-refractivity contribution in [2.45, 2.75) is 18.7 Å². The summed E-state index contributed by atoms with van der Waals surface area (Å²) in [5, 5.41) is 0.0885. The third-order valence-electron chi connectivity index (χ3n) is 3.97. The van der Waals surface area contributed by atoms with Crippen LogP contribution in [-0.2, 0) is 9.73 Å². The summed E-state index contributed by atoms with van der Waals surface area (Å²) in [5.41, 5.74) is 1.21. The van der Waals surface area contributed by atoms with Gasteiger partial charge in [-0.2, -0.15) is 4.36 Å². The molecule has 1 unspecified atom stereocenters. The van der Waals surface area contributed by atoms with Gasteiger partial charge >= 0.3 is 0 Å². The molecule has 2 aromatic rings. The number of benzene rings is 2. The van der Waals surface area contributed by atoms with E-state index < -0.39 is 21.5 Å².